The monoisotopic (exact) mass is 461 g/mol. The van der Waals surface area contributed by atoms with E-state index in [9.17, 15) is 4.79 Å². The van der Waals surface area contributed by atoms with Gasteiger partial charge in [-0.2, -0.15) is 0 Å². The number of piperidine rings is 2. The molecule has 2 aliphatic heterocycles. The van der Waals surface area contributed by atoms with Crippen LogP contribution in [0.3, 0.4) is 0 Å². The molecule has 1 aromatic carbocycles. The molecule has 3 heterocycles. The average Bonchev–Trinajstić information content (AvgIpc) is 3.12. The van der Waals surface area contributed by atoms with E-state index in [1.54, 1.807) is 7.11 Å². The lowest BCUT2D eigenvalue weighted by molar-refractivity contribution is -0.133. The van der Waals surface area contributed by atoms with Gasteiger partial charge in [0.25, 0.3) is 0 Å². The average molecular weight is 462 g/mol. The van der Waals surface area contributed by atoms with Crippen LogP contribution in [0.2, 0.25) is 0 Å². The van der Waals surface area contributed by atoms with Gasteiger partial charge in [-0.15, -0.1) is 0 Å². The van der Waals surface area contributed by atoms with Gasteiger partial charge in [-0.25, -0.2) is 0 Å². The Morgan fingerprint density at radius 3 is 2.93 bits per heavy atom. The van der Waals surface area contributed by atoms with Crippen LogP contribution < -0.4 is 0 Å². The van der Waals surface area contributed by atoms with Crippen molar-refractivity contribution in [3.8, 4) is 0 Å². The first kappa shape index (κ1) is 20.9. The number of carbonyl (C=O) groups is 1. The van der Waals surface area contributed by atoms with Crippen LogP contribution in [0.4, 0.5) is 0 Å². The van der Waals surface area contributed by atoms with Crippen molar-refractivity contribution < 1.29 is 9.53 Å². The molecule has 158 valence electrons. The largest absolute Gasteiger partial charge is 0.383 e. The van der Waals surface area contributed by atoms with Gasteiger partial charge in [0, 0.05) is 47.8 Å². The van der Waals surface area contributed by atoms with E-state index in [4.69, 9.17) is 4.74 Å². The Bertz CT molecular complexity index is 835. The second-order valence-corrected chi connectivity index (χ2v) is 9.40. The summed E-state index contributed by atoms with van der Waals surface area (Å²) in [6.45, 7) is 4.97. The molecule has 4 rings (SSSR count). The van der Waals surface area contributed by atoms with E-state index in [1.807, 2.05) is 12.3 Å². The molecule has 1 aromatic heterocycles. The van der Waals surface area contributed by atoms with Gasteiger partial charge in [-0.1, -0.05) is 22.4 Å². The van der Waals surface area contributed by atoms with E-state index < -0.39 is 0 Å². The highest BCUT2D eigenvalue weighted by Crippen LogP contribution is 2.31. The molecule has 0 radical (unpaired) electrons. The molecule has 0 saturated carbocycles. The van der Waals surface area contributed by atoms with E-state index in [0.717, 1.165) is 21.9 Å². The molecule has 6 heteroatoms. The molecule has 5 nitrogen and oxygen atoms in total. The lowest BCUT2D eigenvalue weighted by Crippen LogP contribution is -2.52. The van der Waals surface area contributed by atoms with E-state index >= 15 is 0 Å². The molecule has 0 bridgehead atoms. The topological polar surface area (TPSA) is 37.7 Å². The van der Waals surface area contributed by atoms with Crippen molar-refractivity contribution in [3.63, 3.8) is 0 Å². The maximum Gasteiger partial charge on any atom is 0.242 e. The molecule has 2 aromatic rings. The molecule has 2 aliphatic rings. The van der Waals surface area contributed by atoms with Crippen LogP contribution in [0.1, 0.15) is 32.1 Å². The fraction of sp³-hybridized carbons (Fsp3) is 0.609. The number of amides is 1. The number of carbonyl (C=O) groups excluding carboxylic acids is 1. The number of hydrogen-bond donors (Lipinski definition) is 0. The Balaban J connectivity index is 1.47. The second kappa shape index (κ2) is 9.63. The van der Waals surface area contributed by atoms with E-state index in [-0.39, 0.29) is 5.91 Å². The third-order valence-corrected chi connectivity index (χ3v) is 7.13. The summed E-state index contributed by atoms with van der Waals surface area (Å²) in [6.07, 6.45) is 8.45. The third kappa shape index (κ3) is 4.86. The van der Waals surface area contributed by atoms with Crippen molar-refractivity contribution in [1.29, 1.82) is 0 Å². The summed E-state index contributed by atoms with van der Waals surface area (Å²) >= 11 is 3.53. The van der Waals surface area contributed by atoms with E-state index in [2.05, 4.69) is 48.5 Å². The van der Waals surface area contributed by atoms with E-state index in [0.29, 0.717) is 31.7 Å². The lowest BCUT2D eigenvalue weighted by atomic mass is 9.83. The Kier molecular flexibility index (Phi) is 6.93. The fourth-order valence-corrected chi connectivity index (χ4v) is 5.53. The molecule has 2 fully saturated rings. The van der Waals surface area contributed by atoms with E-state index in [1.165, 1.54) is 45.2 Å². The molecular weight excluding hydrogens is 430 g/mol. The van der Waals surface area contributed by atoms with Crippen LogP contribution >= 0.6 is 15.9 Å². The molecular formula is C23H32BrN3O2. The molecule has 29 heavy (non-hydrogen) atoms. The summed E-state index contributed by atoms with van der Waals surface area (Å²) in [5.41, 5.74) is 1.10. The second-order valence-electron chi connectivity index (χ2n) is 8.48. The SMILES string of the molecule is COCCN(CC1CCCN2CCCCC12)C(=O)Cn1ccc2cc(Br)ccc21. The molecule has 2 unspecified atom stereocenters. The van der Waals surface area contributed by atoms with Crippen LogP contribution in [0.25, 0.3) is 10.9 Å². The van der Waals surface area contributed by atoms with Gasteiger partial charge in [-0.3, -0.25) is 4.79 Å². The minimum atomic E-state index is 0.190. The fourth-order valence-electron chi connectivity index (χ4n) is 5.15. The molecule has 2 atom stereocenters. The molecule has 1 amide bonds. The van der Waals surface area contributed by atoms with Crippen LogP contribution in [-0.2, 0) is 16.1 Å². The summed E-state index contributed by atoms with van der Waals surface area (Å²) in [5, 5.41) is 1.15. The van der Waals surface area contributed by atoms with Crippen LogP contribution in [0.5, 0.6) is 0 Å². The minimum Gasteiger partial charge on any atom is -0.383 e. The first-order valence-electron chi connectivity index (χ1n) is 10.9. The highest BCUT2D eigenvalue weighted by Gasteiger charge is 2.34. The highest BCUT2D eigenvalue weighted by molar-refractivity contribution is 9.10. The Morgan fingerprint density at radius 2 is 2.07 bits per heavy atom. The Morgan fingerprint density at radius 1 is 1.21 bits per heavy atom. The maximum atomic E-state index is 13.3. The molecule has 2 saturated heterocycles. The number of aromatic nitrogens is 1. The van der Waals surface area contributed by atoms with Crippen molar-refractivity contribution in [1.82, 2.24) is 14.4 Å². The van der Waals surface area contributed by atoms with Gasteiger partial charge < -0.3 is 19.1 Å². The lowest BCUT2D eigenvalue weighted by Gasteiger charge is -2.45. The summed E-state index contributed by atoms with van der Waals surface area (Å²) in [5.74, 6) is 0.776. The zero-order valence-corrected chi connectivity index (χ0v) is 18.9. The van der Waals surface area contributed by atoms with Gasteiger partial charge >= 0.3 is 0 Å². The number of nitrogens with zero attached hydrogens (tertiary/aromatic N) is 3. The maximum absolute atomic E-state index is 13.3. The van der Waals surface area contributed by atoms with Crippen molar-refractivity contribution in [2.45, 2.75) is 44.7 Å². The van der Waals surface area contributed by atoms with Crippen LogP contribution in [-0.4, -0.2) is 66.2 Å². The standard InChI is InChI=1S/C23H32BrN3O2/c1-29-14-13-27(16-19-5-4-11-25-10-3-2-6-21(19)25)23(28)17-26-12-9-18-15-20(24)7-8-22(18)26/h7-9,12,15,19,21H,2-6,10-11,13-14,16-17H2,1H3. The first-order valence-corrected chi connectivity index (χ1v) is 11.7. The predicted octanol–water partition coefficient (Wildman–Crippen LogP) is 4.14. The number of ether oxygens (including phenoxy) is 1. The summed E-state index contributed by atoms with van der Waals surface area (Å²) in [6, 6.07) is 8.94. The minimum absolute atomic E-state index is 0.190. The number of hydrogen-bond acceptors (Lipinski definition) is 3. The van der Waals surface area contributed by atoms with Gasteiger partial charge in [0.15, 0.2) is 0 Å². The number of halogens is 1. The number of methoxy groups -OCH3 is 1. The van der Waals surface area contributed by atoms with Gasteiger partial charge in [-0.05, 0) is 69.0 Å². The van der Waals surface area contributed by atoms with Crippen LogP contribution in [0.15, 0.2) is 34.9 Å². The normalized spacial score (nSPS) is 22.6. The van der Waals surface area contributed by atoms with Gasteiger partial charge in [0.2, 0.25) is 5.91 Å². The molecule has 0 aliphatic carbocycles. The number of benzene rings is 1. The Labute approximate surface area is 182 Å². The first-order chi connectivity index (χ1) is 14.2. The highest BCUT2D eigenvalue weighted by atomic mass is 79.9. The van der Waals surface area contributed by atoms with Crippen LogP contribution in [0, 0.1) is 5.92 Å². The zero-order chi connectivity index (χ0) is 20.2. The van der Waals surface area contributed by atoms with Crippen molar-refractivity contribution >= 4 is 32.7 Å². The molecule has 0 spiro atoms. The Hall–Kier alpha value is -1.37. The molecule has 0 N–H and O–H groups in total. The van der Waals surface area contributed by atoms with Crippen molar-refractivity contribution in [2.24, 2.45) is 5.92 Å². The van der Waals surface area contributed by atoms with Gasteiger partial charge in [0.1, 0.15) is 6.54 Å². The summed E-state index contributed by atoms with van der Waals surface area (Å²) in [4.78, 5) is 18.0. The predicted molar refractivity (Wildman–Crippen MR) is 120 cm³/mol. The van der Waals surface area contributed by atoms with Crippen molar-refractivity contribution in [2.75, 3.05) is 39.9 Å². The smallest absolute Gasteiger partial charge is 0.242 e. The summed E-state index contributed by atoms with van der Waals surface area (Å²) in [7, 11) is 1.71. The number of fused-ring (bicyclic) bond motifs is 2. The van der Waals surface area contributed by atoms with Gasteiger partial charge in [0.05, 0.1) is 6.61 Å². The zero-order valence-electron chi connectivity index (χ0n) is 17.4. The quantitative estimate of drug-likeness (QED) is 0.621. The number of rotatable bonds is 7. The summed E-state index contributed by atoms with van der Waals surface area (Å²) < 4.78 is 8.45. The van der Waals surface area contributed by atoms with Crippen molar-refractivity contribution in [3.05, 3.63) is 34.9 Å². The third-order valence-electron chi connectivity index (χ3n) is 6.64.